The second-order valence-electron chi connectivity index (χ2n) is 5.68. The van der Waals surface area contributed by atoms with E-state index >= 15 is 0 Å². The fraction of sp³-hybridized carbons (Fsp3) is 0.429. The van der Waals surface area contributed by atoms with Gasteiger partial charge in [0.05, 0.1) is 6.10 Å². The fourth-order valence-corrected chi connectivity index (χ4v) is 2.10. The maximum atomic E-state index is 10.6. The summed E-state index contributed by atoms with van der Waals surface area (Å²) in [5.41, 5.74) is 0.688. The average Bonchev–Trinajstić information content (AvgIpc) is 2.84. The summed E-state index contributed by atoms with van der Waals surface area (Å²) in [5, 5.41) is 15.5. The van der Waals surface area contributed by atoms with Crippen LogP contribution in [0.1, 0.15) is 32.4 Å². The molecule has 2 aromatic rings. The highest BCUT2D eigenvalue weighted by molar-refractivity contribution is 6.30. The Morgan fingerprint density at radius 1 is 1.21 bits per heavy atom. The van der Waals surface area contributed by atoms with Crippen molar-refractivity contribution in [1.29, 1.82) is 0 Å². The van der Waals surface area contributed by atoms with Crippen LogP contribution in [0.5, 0.6) is 0 Å². The summed E-state index contributed by atoms with van der Waals surface area (Å²) in [5.74, 6) is 0. The van der Waals surface area contributed by atoms with Crippen LogP contribution in [0.3, 0.4) is 0 Å². The smallest absolute Gasteiger partial charge is 0.137 e. The monoisotopic (exact) mass is 279 g/mol. The van der Waals surface area contributed by atoms with Crippen molar-refractivity contribution >= 4 is 11.6 Å². The number of hydrogen-bond acceptors (Lipinski definition) is 3. The molecule has 0 saturated carbocycles. The van der Waals surface area contributed by atoms with Gasteiger partial charge in [-0.05, 0) is 23.1 Å². The van der Waals surface area contributed by atoms with Crippen molar-refractivity contribution in [2.45, 2.75) is 32.9 Å². The lowest BCUT2D eigenvalue weighted by atomic mass is 9.82. The highest BCUT2D eigenvalue weighted by atomic mass is 35.5. The van der Waals surface area contributed by atoms with Crippen molar-refractivity contribution in [2.24, 2.45) is 5.41 Å². The van der Waals surface area contributed by atoms with E-state index in [0.29, 0.717) is 5.02 Å². The average molecular weight is 280 g/mol. The van der Waals surface area contributed by atoms with Crippen LogP contribution in [-0.2, 0) is 0 Å². The molecular formula is C14H18ClN3O. The van der Waals surface area contributed by atoms with Crippen LogP contribution < -0.4 is 0 Å². The molecule has 0 fully saturated rings. The van der Waals surface area contributed by atoms with Crippen molar-refractivity contribution in [3.63, 3.8) is 0 Å². The van der Waals surface area contributed by atoms with E-state index in [4.69, 9.17) is 11.6 Å². The molecule has 2 atom stereocenters. The van der Waals surface area contributed by atoms with Gasteiger partial charge in [-0.2, -0.15) is 5.10 Å². The lowest BCUT2D eigenvalue weighted by molar-refractivity contribution is 0.0260. The molecule has 0 radical (unpaired) electrons. The van der Waals surface area contributed by atoms with Gasteiger partial charge < -0.3 is 5.11 Å². The number of aromatic nitrogens is 3. The second-order valence-corrected chi connectivity index (χ2v) is 6.12. The lowest BCUT2D eigenvalue weighted by Crippen LogP contribution is -2.36. The highest BCUT2D eigenvalue weighted by Gasteiger charge is 2.33. The molecule has 0 aliphatic carbocycles. The van der Waals surface area contributed by atoms with Gasteiger partial charge >= 0.3 is 0 Å². The SMILES string of the molecule is CC(C)(C)C(O)C(c1ccc(Cl)cc1)n1cncn1. The zero-order valence-electron chi connectivity index (χ0n) is 11.3. The second kappa shape index (κ2) is 5.31. The molecule has 102 valence electrons. The molecule has 2 rings (SSSR count). The minimum atomic E-state index is -0.588. The largest absolute Gasteiger partial charge is 0.390 e. The van der Waals surface area contributed by atoms with Crippen LogP contribution in [0.25, 0.3) is 0 Å². The van der Waals surface area contributed by atoms with Crippen molar-refractivity contribution in [2.75, 3.05) is 0 Å². The standard InChI is InChI=1S/C14H18ClN3O/c1-14(2,3)13(19)12(18-9-16-8-17-18)10-4-6-11(15)7-5-10/h4-9,12-13,19H,1-3H3. The van der Waals surface area contributed by atoms with Crippen molar-refractivity contribution in [1.82, 2.24) is 14.8 Å². The summed E-state index contributed by atoms with van der Waals surface area (Å²) in [6, 6.07) is 7.17. The minimum absolute atomic E-state index is 0.268. The summed E-state index contributed by atoms with van der Waals surface area (Å²) in [6.07, 6.45) is 2.50. The third-order valence-electron chi connectivity index (χ3n) is 3.12. The molecule has 0 saturated heterocycles. The third-order valence-corrected chi connectivity index (χ3v) is 3.37. The molecule has 0 bridgehead atoms. The Labute approximate surface area is 118 Å². The van der Waals surface area contributed by atoms with Crippen LogP contribution in [0.4, 0.5) is 0 Å². The lowest BCUT2D eigenvalue weighted by Gasteiger charge is -2.33. The van der Waals surface area contributed by atoms with Gasteiger partial charge in [-0.3, -0.25) is 0 Å². The van der Waals surface area contributed by atoms with Crippen molar-refractivity contribution < 1.29 is 5.11 Å². The molecule has 1 aromatic carbocycles. The van der Waals surface area contributed by atoms with Crippen molar-refractivity contribution in [3.05, 3.63) is 47.5 Å². The van der Waals surface area contributed by atoms with E-state index in [2.05, 4.69) is 10.1 Å². The summed E-state index contributed by atoms with van der Waals surface area (Å²) < 4.78 is 1.68. The van der Waals surface area contributed by atoms with Crippen LogP contribution >= 0.6 is 11.6 Å². The van der Waals surface area contributed by atoms with Gasteiger partial charge in [0.25, 0.3) is 0 Å². The quantitative estimate of drug-likeness (QED) is 0.940. The Morgan fingerprint density at radius 2 is 1.84 bits per heavy atom. The molecule has 5 heteroatoms. The Morgan fingerprint density at radius 3 is 2.32 bits per heavy atom. The highest BCUT2D eigenvalue weighted by Crippen LogP contribution is 2.32. The predicted octanol–water partition coefficient (Wildman–Crippen LogP) is 2.93. The van der Waals surface area contributed by atoms with E-state index < -0.39 is 6.10 Å². The van der Waals surface area contributed by atoms with E-state index in [0.717, 1.165) is 5.56 Å². The Bertz CT molecular complexity index is 517. The van der Waals surface area contributed by atoms with E-state index in [1.165, 1.54) is 6.33 Å². The van der Waals surface area contributed by atoms with Crippen LogP contribution in [-0.4, -0.2) is 26.0 Å². The molecular weight excluding hydrogens is 262 g/mol. The Balaban J connectivity index is 2.43. The van der Waals surface area contributed by atoms with Gasteiger partial charge in [-0.25, -0.2) is 9.67 Å². The van der Waals surface area contributed by atoms with Gasteiger partial charge in [0, 0.05) is 5.02 Å². The Kier molecular flexibility index (Phi) is 3.92. The number of aliphatic hydroxyl groups excluding tert-OH is 1. The third kappa shape index (κ3) is 3.14. The van der Waals surface area contributed by atoms with E-state index in [1.807, 2.05) is 45.0 Å². The molecule has 0 aliphatic heterocycles. The van der Waals surface area contributed by atoms with E-state index in [1.54, 1.807) is 11.0 Å². The number of aliphatic hydroxyl groups is 1. The molecule has 0 amide bonds. The molecule has 1 N–H and O–H groups in total. The fourth-order valence-electron chi connectivity index (χ4n) is 1.97. The number of benzene rings is 1. The maximum absolute atomic E-state index is 10.6. The summed E-state index contributed by atoms with van der Waals surface area (Å²) >= 11 is 5.91. The van der Waals surface area contributed by atoms with Gasteiger partial charge in [0.2, 0.25) is 0 Å². The minimum Gasteiger partial charge on any atom is -0.390 e. The summed E-state index contributed by atoms with van der Waals surface area (Å²) in [4.78, 5) is 3.97. The molecule has 0 aliphatic rings. The Hall–Kier alpha value is -1.39. The predicted molar refractivity (Wildman–Crippen MR) is 75.1 cm³/mol. The van der Waals surface area contributed by atoms with E-state index in [-0.39, 0.29) is 11.5 Å². The van der Waals surface area contributed by atoms with Gasteiger partial charge in [-0.1, -0.05) is 44.5 Å². The maximum Gasteiger partial charge on any atom is 0.137 e. The molecule has 4 nitrogen and oxygen atoms in total. The molecule has 2 unspecified atom stereocenters. The zero-order chi connectivity index (χ0) is 14.0. The van der Waals surface area contributed by atoms with E-state index in [9.17, 15) is 5.11 Å². The first-order valence-corrected chi connectivity index (χ1v) is 6.55. The van der Waals surface area contributed by atoms with Crippen LogP contribution in [0, 0.1) is 5.41 Å². The van der Waals surface area contributed by atoms with Gasteiger partial charge in [0.1, 0.15) is 18.7 Å². The summed E-state index contributed by atoms with van der Waals surface area (Å²) in [6.45, 7) is 5.99. The summed E-state index contributed by atoms with van der Waals surface area (Å²) in [7, 11) is 0. The molecule has 19 heavy (non-hydrogen) atoms. The van der Waals surface area contributed by atoms with Gasteiger partial charge in [-0.15, -0.1) is 0 Å². The van der Waals surface area contributed by atoms with Crippen molar-refractivity contribution in [3.8, 4) is 0 Å². The van der Waals surface area contributed by atoms with Crippen LogP contribution in [0.2, 0.25) is 5.02 Å². The molecule has 1 aromatic heterocycles. The number of rotatable bonds is 3. The molecule has 1 heterocycles. The number of hydrogen-bond donors (Lipinski definition) is 1. The number of halogens is 1. The topological polar surface area (TPSA) is 50.9 Å². The van der Waals surface area contributed by atoms with Gasteiger partial charge in [0.15, 0.2) is 0 Å². The first kappa shape index (κ1) is 14.0. The first-order valence-electron chi connectivity index (χ1n) is 6.17. The normalized spacial score (nSPS) is 15.2. The number of nitrogens with zero attached hydrogens (tertiary/aromatic N) is 3. The van der Waals surface area contributed by atoms with Crippen LogP contribution in [0.15, 0.2) is 36.9 Å². The molecule has 0 spiro atoms. The first-order chi connectivity index (χ1) is 8.89. The zero-order valence-corrected chi connectivity index (χ0v) is 12.0.